The molecule has 0 amide bonds. The number of rotatable bonds is 0. The highest BCUT2D eigenvalue weighted by Gasteiger charge is 2.56. The van der Waals surface area contributed by atoms with E-state index in [1.54, 1.807) is 0 Å². The van der Waals surface area contributed by atoms with Crippen molar-refractivity contribution in [3.63, 3.8) is 0 Å². The maximum atomic E-state index is 10.9. The molecule has 1 nitrogen and oxygen atoms in total. The fraction of sp³-hybridized carbons (Fsp3) is 1.00. The Balaban J connectivity index is 2.29. The first kappa shape index (κ1) is 11.4. The van der Waals surface area contributed by atoms with Gasteiger partial charge in [-0.15, -0.1) is 0 Å². The van der Waals surface area contributed by atoms with E-state index in [2.05, 4.69) is 27.7 Å². The molecule has 2 aliphatic rings. The topological polar surface area (TPSA) is 20.2 Å². The van der Waals surface area contributed by atoms with Crippen molar-refractivity contribution in [1.29, 1.82) is 0 Å². The molecule has 0 aromatic rings. The second kappa shape index (κ2) is 3.48. The van der Waals surface area contributed by atoms with Crippen LogP contribution in [0.25, 0.3) is 0 Å². The molecule has 1 N–H and O–H groups in total. The van der Waals surface area contributed by atoms with Gasteiger partial charge in [0, 0.05) is 0 Å². The molecular formula is C14H26O. The van der Waals surface area contributed by atoms with Crippen LogP contribution in [0.5, 0.6) is 0 Å². The quantitative estimate of drug-likeness (QED) is 0.647. The van der Waals surface area contributed by atoms with Crippen LogP contribution >= 0.6 is 0 Å². The zero-order valence-corrected chi connectivity index (χ0v) is 10.7. The molecule has 15 heavy (non-hydrogen) atoms. The molecule has 2 rings (SSSR count). The summed E-state index contributed by atoms with van der Waals surface area (Å²) in [5, 5.41) is 10.9. The van der Waals surface area contributed by atoms with E-state index in [0.29, 0.717) is 11.8 Å². The Morgan fingerprint density at radius 3 is 2.40 bits per heavy atom. The van der Waals surface area contributed by atoms with Crippen molar-refractivity contribution in [2.45, 2.75) is 65.4 Å². The van der Waals surface area contributed by atoms with Gasteiger partial charge in [0.2, 0.25) is 0 Å². The van der Waals surface area contributed by atoms with Gasteiger partial charge in [-0.25, -0.2) is 0 Å². The van der Waals surface area contributed by atoms with E-state index in [1.165, 1.54) is 19.3 Å². The minimum atomic E-state index is -0.364. The zero-order valence-electron chi connectivity index (χ0n) is 10.7. The molecule has 2 aliphatic carbocycles. The number of fused-ring (bicyclic) bond motifs is 1. The summed E-state index contributed by atoms with van der Waals surface area (Å²) in [4.78, 5) is 0. The van der Waals surface area contributed by atoms with Crippen LogP contribution in [0.2, 0.25) is 0 Å². The van der Waals surface area contributed by atoms with Crippen LogP contribution in [0.15, 0.2) is 0 Å². The van der Waals surface area contributed by atoms with Gasteiger partial charge in [0.1, 0.15) is 0 Å². The standard InChI is InChI=1S/C14H26O/c1-10-5-7-13(4)12(3)11(2)6-8-14(13,15)9-10/h10-12,15H,5-9H2,1-4H3/t10-,11?,12?,13+,14-/m0/s1. The maximum Gasteiger partial charge on any atom is 0.0706 e. The van der Waals surface area contributed by atoms with Gasteiger partial charge in [-0.3, -0.25) is 0 Å². The third-order valence-corrected chi connectivity index (χ3v) is 5.78. The van der Waals surface area contributed by atoms with E-state index in [0.717, 1.165) is 18.8 Å². The third kappa shape index (κ3) is 1.54. The summed E-state index contributed by atoms with van der Waals surface area (Å²) in [5.41, 5.74) is -0.187. The number of hydrogen-bond acceptors (Lipinski definition) is 1. The highest BCUT2D eigenvalue weighted by molar-refractivity contribution is 5.06. The van der Waals surface area contributed by atoms with Gasteiger partial charge in [0.05, 0.1) is 5.60 Å². The van der Waals surface area contributed by atoms with Crippen molar-refractivity contribution in [2.75, 3.05) is 0 Å². The Hall–Kier alpha value is -0.0400. The molecule has 88 valence electrons. The number of aliphatic hydroxyl groups is 1. The Labute approximate surface area is 94.3 Å². The van der Waals surface area contributed by atoms with Gasteiger partial charge in [0.25, 0.3) is 0 Å². The predicted molar refractivity (Wildman–Crippen MR) is 63.6 cm³/mol. The van der Waals surface area contributed by atoms with Crippen molar-refractivity contribution in [2.24, 2.45) is 23.2 Å². The Morgan fingerprint density at radius 2 is 1.73 bits per heavy atom. The molecule has 0 bridgehead atoms. The molecule has 0 radical (unpaired) electrons. The van der Waals surface area contributed by atoms with Gasteiger partial charge >= 0.3 is 0 Å². The fourth-order valence-corrected chi connectivity index (χ4v) is 4.07. The van der Waals surface area contributed by atoms with Crippen LogP contribution in [0.1, 0.15) is 59.8 Å². The van der Waals surface area contributed by atoms with Crippen molar-refractivity contribution >= 4 is 0 Å². The lowest BCUT2D eigenvalue weighted by atomic mass is 9.49. The molecule has 1 heteroatoms. The lowest BCUT2D eigenvalue weighted by Gasteiger charge is -2.58. The van der Waals surface area contributed by atoms with Crippen molar-refractivity contribution in [3.05, 3.63) is 0 Å². The maximum absolute atomic E-state index is 10.9. The summed E-state index contributed by atoms with van der Waals surface area (Å²) in [5.74, 6) is 2.16. The van der Waals surface area contributed by atoms with Crippen LogP contribution in [0.3, 0.4) is 0 Å². The van der Waals surface area contributed by atoms with Crippen molar-refractivity contribution in [3.8, 4) is 0 Å². The van der Waals surface area contributed by atoms with E-state index < -0.39 is 0 Å². The molecule has 0 aromatic carbocycles. The molecule has 5 atom stereocenters. The highest BCUT2D eigenvalue weighted by Crippen LogP contribution is 2.58. The number of hydrogen-bond donors (Lipinski definition) is 1. The molecule has 0 aromatic heterocycles. The van der Waals surface area contributed by atoms with E-state index in [9.17, 15) is 5.11 Å². The van der Waals surface area contributed by atoms with Gasteiger partial charge in [-0.05, 0) is 55.3 Å². The minimum absolute atomic E-state index is 0.178. The van der Waals surface area contributed by atoms with E-state index >= 15 is 0 Å². The van der Waals surface area contributed by atoms with E-state index in [-0.39, 0.29) is 11.0 Å². The molecular weight excluding hydrogens is 184 g/mol. The third-order valence-electron chi connectivity index (χ3n) is 5.78. The zero-order chi connectivity index (χ0) is 11.3. The van der Waals surface area contributed by atoms with Crippen molar-refractivity contribution < 1.29 is 5.11 Å². The van der Waals surface area contributed by atoms with E-state index in [4.69, 9.17) is 0 Å². The van der Waals surface area contributed by atoms with Gasteiger partial charge in [0.15, 0.2) is 0 Å². The molecule has 2 fully saturated rings. The summed E-state index contributed by atoms with van der Waals surface area (Å²) in [7, 11) is 0. The van der Waals surface area contributed by atoms with Crippen LogP contribution in [-0.2, 0) is 0 Å². The Kier molecular flexibility index (Phi) is 2.65. The van der Waals surface area contributed by atoms with Crippen LogP contribution in [0, 0.1) is 23.2 Å². The molecule has 2 unspecified atom stereocenters. The average Bonchev–Trinajstić information content (AvgIpc) is 2.18. The van der Waals surface area contributed by atoms with Gasteiger partial charge < -0.3 is 5.11 Å². The van der Waals surface area contributed by atoms with Crippen LogP contribution in [0.4, 0.5) is 0 Å². The SMILES string of the molecule is CC1CC[C@]2(O)C[C@@H](C)CC[C@]2(C)C1C. The molecule has 2 saturated carbocycles. The second-order valence-corrected chi connectivity index (χ2v) is 6.60. The first-order valence-corrected chi connectivity index (χ1v) is 6.61. The normalized spacial score (nSPS) is 56.2. The minimum Gasteiger partial charge on any atom is -0.389 e. The molecule has 0 aliphatic heterocycles. The Morgan fingerprint density at radius 1 is 1.07 bits per heavy atom. The van der Waals surface area contributed by atoms with Crippen LogP contribution < -0.4 is 0 Å². The highest BCUT2D eigenvalue weighted by atomic mass is 16.3. The largest absolute Gasteiger partial charge is 0.389 e. The Bertz CT molecular complexity index is 250. The van der Waals surface area contributed by atoms with Crippen LogP contribution in [-0.4, -0.2) is 10.7 Å². The fourth-order valence-electron chi connectivity index (χ4n) is 4.07. The summed E-state index contributed by atoms with van der Waals surface area (Å²) in [6, 6.07) is 0. The summed E-state index contributed by atoms with van der Waals surface area (Å²) in [6.45, 7) is 9.33. The summed E-state index contributed by atoms with van der Waals surface area (Å²) >= 11 is 0. The predicted octanol–water partition coefficient (Wildman–Crippen LogP) is 3.61. The monoisotopic (exact) mass is 210 g/mol. The first-order valence-electron chi connectivity index (χ1n) is 6.61. The van der Waals surface area contributed by atoms with Gasteiger partial charge in [-0.2, -0.15) is 0 Å². The molecule has 0 saturated heterocycles. The lowest BCUT2D eigenvalue weighted by molar-refractivity contribution is -0.180. The lowest BCUT2D eigenvalue weighted by Crippen LogP contribution is -2.58. The average molecular weight is 210 g/mol. The second-order valence-electron chi connectivity index (χ2n) is 6.60. The molecule has 0 spiro atoms. The van der Waals surface area contributed by atoms with Gasteiger partial charge in [-0.1, -0.05) is 27.7 Å². The smallest absolute Gasteiger partial charge is 0.0706 e. The molecule has 0 heterocycles. The van der Waals surface area contributed by atoms with Crippen molar-refractivity contribution in [1.82, 2.24) is 0 Å². The summed E-state index contributed by atoms with van der Waals surface area (Å²) < 4.78 is 0. The van der Waals surface area contributed by atoms with E-state index in [1.807, 2.05) is 0 Å². The first-order chi connectivity index (χ1) is 6.89. The summed E-state index contributed by atoms with van der Waals surface area (Å²) in [6.07, 6.45) is 5.78.